The number of oxime groups is 1. The van der Waals surface area contributed by atoms with Gasteiger partial charge in [0.05, 0.1) is 5.69 Å². The number of carbonyl (C=O) groups is 1. The Morgan fingerprint density at radius 2 is 1.87 bits per heavy atom. The fourth-order valence-corrected chi connectivity index (χ4v) is 2.05. The highest BCUT2D eigenvalue weighted by atomic mass is 79.9. The summed E-state index contributed by atoms with van der Waals surface area (Å²) in [6, 6.07) is 6.78. The molecule has 0 bridgehead atoms. The van der Waals surface area contributed by atoms with E-state index in [1.165, 1.54) is 18.2 Å². The van der Waals surface area contributed by atoms with Crippen molar-refractivity contribution in [2.24, 2.45) is 5.16 Å². The van der Waals surface area contributed by atoms with E-state index < -0.39 is 23.4 Å². The molecule has 0 aromatic heterocycles. The molecule has 0 atom stereocenters. The molecule has 1 amide bonds. The average Bonchev–Trinajstić information content (AvgIpc) is 2.48. The van der Waals surface area contributed by atoms with Gasteiger partial charge in [0.1, 0.15) is 30.3 Å². The maximum atomic E-state index is 13.3. The van der Waals surface area contributed by atoms with Crippen molar-refractivity contribution < 1.29 is 22.8 Å². The minimum Gasteiger partial charge on any atom is -0.391 e. The van der Waals surface area contributed by atoms with Crippen molar-refractivity contribution in [3.8, 4) is 0 Å². The number of amides is 1. The largest absolute Gasteiger partial charge is 0.391 e. The van der Waals surface area contributed by atoms with Crippen LogP contribution in [0.2, 0.25) is 0 Å². The highest BCUT2D eigenvalue weighted by molar-refractivity contribution is 9.10. The molecule has 23 heavy (non-hydrogen) atoms. The predicted octanol–water partition coefficient (Wildman–Crippen LogP) is 4.01. The van der Waals surface area contributed by atoms with Crippen LogP contribution in [0.15, 0.2) is 46.0 Å². The van der Waals surface area contributed by atoms with Crippen LogP contribution in [0.3, 0.4) is 0 Å². The van der Waals surface area contributed by atoms with E-state index >= 15 is 0 Å². The smallest absolute Gasteiger partial charge is 0.270 e. The normalized spacial score (nSPS) is 10.8. The van der Waals surface area contributed by atoms with Gasteiger partial charge in [-0.15, -0.1) is 0 Å². The molecule has 0 aliphatic rings. The number of carbonyl (C=O) groups excluding carboxylic acids is 1. The fraction of sp³-hybridized carbons (Fsp3) is 0.0667. The van der Waals surface area contributed by atoms with Gasteiger partial charge in [-0.1, -0.05) is 27.2 Å². The van der Waals surface area contributed by atoms with Crippen LogP contribution >= 0.6 is 15.9 Å². The summed E-state index contributed by atoms with van der Waals surface area (Å²) in [6.07, 6.45) is 0.806. The van der Waals surface area contributed by atoms with Gasteiger partial charge in [0.2, 0.25) is 0 Å². The van der Waals surface area contributed by atoms with E-state index in [9.17, 15) is 18.0 Å². The van der Waals surface area contributed by atoms with Crippen LogP contribution in [0.4, 0.5) is 18.9 Å². The van der Waals surface area contributed by atoms with Gasteiger partial charge >= 0.3 is 0 Å². The van der Waals surface area contributed by atoms with Crippen LogP contribution in [-0.4, -0.2) is 12.1 Å². The zero-order chi connectivity index (χ0) is 16.8. The van der Waals surface area contributed by atoms with E-state index in [1.54, 1.807) is 0 Å². The first-order chi connectivity index (χ1) is 11.0. The zero-order valence-corrected chi connectivity index (χ0v) is 13.1. The number of anilines is 1. The van der Waals surface area contributed by atoms with Gasteiger partial charge in [-0.05, 0) is 24.3 Å². The van der Waals surface area contributed by atoms with Gasteiger partial charge in [0, 0.05) is 16.1 Å². The first kappa shape index (κ1) is 17.0. The van der Waals surface area contributed by atoms with Gasteiger partial charge in [-0.25, -0.2) is 13.2 Å². The first-order valence-electron chi connectivity index (χ1n) is 6.31. The molecule has 2 aromatic carbocycles. The van der Waals surface area contributed by atoms with Gasteiger partial charge in [0.15, 0.2) is 0 Å². The van der Waals surface area contributed by atoms with Crippen molar-refractivity contribution in [3.63, 3.8) is 0 Å². The van der Waals surface area contributed by atoms with Crippen molar-refractivity contribution in [3.05, 3.63) is 63.9 Å². The standard InChI is InChI=1S/C15H10BrF3N2O2/c16-12-5-10(17)2-1-9(12)8-23-20-7-15(22)21-14-4-3-11(18)6-13(14)19/h1-7H,8H2,(H,21,22). The number of nitrogens with one attached hydrogen (secondary N) is 1. The fourth-order valence-electron chi connectivity index (χ4n) is 1.59. The first-order valence-corrected chi connectivity index (χ1v) is 7.10. The number of hydrogen-bond donors (Lipinski definition) is 1. The third kappa shape index (κ3) is 5.10. The molecule has 0 aliphatic heterocycles. The molecule has 0 heterocycles. The molecule has 0 radical (unpaired) electrons. The lowest BCUT2D eigenvalue weighted by molar-refractivity contribution is -0.110. The second kappa shape index (κ2) is 7.77. The van der Waals surface area contributed by atoms with Gasteiger partial charge in [-0.2, -0.15) is 0 Å². The summed E-state index contributed by atoms with van der Waals surface area (Å²) >= 11 is 3.16. The summed E-state index contributed by atoms with van der Waals surface area (Å²) in [4.78, 5) is 16.4. The van der Waals surface area contributed by atoms with Gasteiger partial charge < -0.3 is 10.2 Å². The molecule has 0 fully saturated rings. The zero-order valence-electron chi connectivity index (χ0n) is 11.5. The lowest BCUT2D eigenvalue weighted by Crippen LogP contribution is -2.14. The molecular weight excluding hydrogens is 377 g/mol. The molecule has 0 spiro atoms. The summed E-state index contributed by atoms with van der Waals surface area (Å²) in [5.41, 5.74) is 0.456. The Labute approximate surface area is 138 Å². The van der Waals surface area contributed by atoms with Crippen LogP contribution in [0.1, 0.15) is 5.56 Å². The third-order valence-electron chi connectivity index (χ3n) is 2.67. The number of halogens is 4. The number of hydrogen-bond acceptors (Lipinski definition) is 3. The van der Waals surface area contributed by atoms with Crippen LogP contribution in [0.5, 0.6) is 0 Å². The Morgan fingerprint density at radius 3 is 2.57 bits per heavy atom. The Hall–Kier alpha value is -2.35. The Morgan fingerprint density at radius 1 is 1.17 bits per heavy atom. The summed E-state index contributed by atoms with van der Waals surface area (Å²) in [5.74, 6) is -2.79. The number of nitrogens with zero attached hydrogens (tertiary/aromatic N) is 1. The summed E-state index contributed by atoms with van der Waals surface area (Å²) in [6.45, 7) is 0.00948. The van der Waals surface area contributed by atoms with Crippen LogP contribution in [-0.2, 0) is 16.2 Å². The van der Waals surface area contributed by atoms with E-state index in [-0.39, 0.29) is 12.3 Å². The molecule has 0 saturated carbocycles. The highest BCUT2D eigenvalue weighted by Gasteiger charge is 2.06. The van der Waals surface area contributed by atoms with E-state index in [0.29, 0.717) is 16.1 Å². The number of benzene rings is 2. The molecule has 2 aromatic rings. The average molecular weight is 387 g/mol. The van der Waals surface area contributed by atoms with Crippen LogP contribution in [0, 0.1) is 17.5 Å². The molecule has 4 nitrogen and oxygen atoms in total. The van der Waals surface area contributed by atoms with E-state index in [2.05, 4.69) is 26.4 Å². The minimum atomic E-state index is -0.900. The highest BCUT2D eigenvalue weighted by Crippen LogP contribution is 2.18. The van der Waals surface area contributed by atoms with Crippen molar-refractivity contribution in [1.29, 1.82) is 0 Å². The molecule has 0 unspecified atom stereocenters. The molecule has 8 heteroatoms. The molecular formula is C15H10BrF3N2O2. The molecule has 0 saturated heterocycles. The lowest BCUT2D eigenvalue weighted by atomic mass is 10.2. The third-order valence-corrected chi connectivity index (χ3v) is 3.41. The Balaban J connectivity index is 1.86. The van der Waals surface area contributed by atoms with Crippen molar-refractivity contribution >= 4 is 33.7 Å². The Bertz CT molecular complexity index is 753. The second-order valence-corrected chi connectivity index (χ2v) is 5.21. The summed E-state index contributed by atoms with van der Waals surface area (Å²) in [5, 5.41) is 5.61. The number of rotatable bonds is 5. The van der Waals surface area contributed by atoms with E-state index in [0.717, 1.165) is 18.3 Å². The minimum absolute atomic E-state index is 0.00948. The van der Waals surface area contributed by atoms with Crippen LogP contribution < -0.4 is 5.32 Å². The van der Waals surface area contributed by atoms with Crippen molar-refractivity contribution in [1.82, 2.24) is 0 Å². The summed E-state index contributed by atoms with van der Waals surface area (Å²) in [7, 11) is 0. The van der Waals surface area contributed by atoms with E-state index in [1.807, 2.05) is 0 Å². The molecule has 0 aliphatic carbocycles. The second-order valence-electron chi connectivity index (χ2n) is 4.36. The SMILES string of the molecule is O=C(C=NOCc1ccc(F)cc1Br)Nc1ccc(F)cc1F. The van der Waals surface area contributed by atoms with Crippen molar-refractivity contribution in [2.75, 3.05) is 5.32 Å². The van der Waals surface area contributed by atoms with E-state index in [4.69, 9.17) is 4.84 Å². The lowest BCUT2D eigenvalue weighted by Gasteiger charge is -2.04. The quantitative estimate of drug-likeness (QED) is 0.623. The molecule has 1 N–H and O–H groups in total. The monoisotopic (exact) mass is 386 g/mol. The van der Waals surface area contributed by atoms with Gasteiger partial charge in [-0.3, -0.25) is 4.79 Å². The molecule has 2 rings (SSSR count). The molecule has 120 valence electrons. The Kier molecular flexibility index (Phi) is 5.75. The summed E-state index contributed by atoms with van der Waals surface area (Å²) < 4.78 is 39.5. The van der Waals surface area contributed by atoms with Crippen LogP contribution in [0.25, 0.3) is 0 Å². The maximum absolute atomic E-state index is 13.3. The maximum Gasteiger partial charge on any atom is 0.270 e. The van der Waals surface area contributed by atoms with Gasteiger partial charge in [0.25, 0.3) is 5.91 Å². The topological polar surface area (TPSA) is 50.7 Å². The predicted molar refractivity (Wildman–Crippen MR) is 82.4 cm³/mol. The van der Waals surface area contributed by atoms with Crippen molar-refractivity contribution in [2.45, 2.75) is 6.61 Å².